The molecule has 0 aliphatic heterocycles. The molecule has 0 spiro atoms. The van der Waals surface area contributed by atoms with Crippen LogP contribution in [0.4, 0.5) is 0 Å². The van der Waals surface area contributed by atoms with Gasteiger partial charge in [0.25, 0.3) is 0 Å². The second-order valence-corrected chi connectivity index (χ2v) is 4.72. The van der Waals surface area contributed by atoms with Crippen LogP contribution in [0.3, 0.4) is 0 Å². The molecule has 0 bridgehead atoms. The summed E-state index contributed by atoms with van der Waals surface area (Å²) in [6.07, 6.45) is 2.41. The molecule has 0 heterocycles. The molecule has 0 aromatic heterocycles. The summed E-state index contributed by atoms with van der Waals surface area (Å²) in [5.41, 5.74) is 2.41. The minimum absolute atomic E-state index is 0.133. The number of hydrogen-bond acceptors (Lipinski definition) is 3. The number of carbonyl (C=O) groups excluding carboxylic acids is 1. The van der Waals surface area contributed by atoms with Gasteiger partial charge in [0.2, 0.25) is 0 Å². The van der Waals surface area contributed by atoms with Crippen LogP contribution < -0.4 is 11.0 Å². The second-order valence-electron chi connectivity index (χ2n) is 4.72. The molecule has 0 amide bonds. The second kappa shape index (κ2) is 7.83. The van der Waals surface area contributed by atoms with Crippen molar-refractivity contribution in [2.45, 2.75) is 59.0 Å². The van der Waals surface area contributed by atoms with Crippen LogP contribution in [0.25, 0.3) is 0 Å². The number of nitrogens with two attached hydrogens (primary N) is 1. The van der Waals surface area contributed by atoms with Crippen LogP contribution in [0.2, 0.25) is 1.41 Å². The first kappa shape index (κ1) is 12.7. The first-order valence-corrected chi connectivity index (χ1v) is 5.90. The summed E-state index contributed by atoms with van der Waals surface area (Å²) in [6, 6.07) is 0.755. The van der Waals surface area contributed by atoms with Gasteiger partial charge in [-0.25, -0.2) is 0 Å². The Labute approximate surface area is 95.3 Å². The van der Waals surface area contributed by atoms with Crippen LogP contribution in [0, 0.1) is 5.92 Å². The summed E-state index contributed by atoms with van der Waals surface area (Å²) < 4.78 is 6.92. The quantitative estimate of drug-likeness (QED) is 0.615. The van der Waals surface area contributed by atoms with Gasteiger partial charge in [-0.1, -0.05) is 27.7 Å². The fourth-order valence-corrected chi connectivity index (χ4v) is 1.56. The predicted molar refractivity (Wildman–Crippen MR) is 64.8 cm³/mol. The molecule has 0 aromatic carbocycles. The van der Waals surface area contributed by atoms with Crippen LogP contribution >= 0.6 is 0 Å². The van der Waals surface area contributed by atoms with Crippen LogP contribution in [-0.2, 0) is 4.79 Å². The molecule has 0 fully saturated rings. The third-order valence-electron chi connectivity index (χ3n) is 2.44. The molecule has 0 radical (unpaired) electrons. The maximum absolute atomic E-state index is 11.5. The van der Waals surface area contributed by atoms with Gasteiger partial charge in [-0.3, -0.25) is 4.79 Å². The zero-order valence-electron chi connectivity index (χ0n) is 11.5. The number of hydrogen-bond donors (Lipinski definition) is 2. The van der Waals surface area contributed by atoms with E-state index in [0.717, 1.165) is 12.8 Å². The van der Waals surface area contributed by atoms with Gasteiger partial charge in [-0.2, -0.15) is 0 Å². The van der Waals surface area contributed by atoms with E-state index in [4.69, 9.17) is 1.41 Å². The summed E-state index contributed by atoms with van der Waals surface area (Å²) in [6.45, 7) is 8.76. The zero-order valence-corrected chi connectivity index (χ0v) is 10.5. The molecule has 0 aromatic rings. The van der Waals surface area contributed by atoms with E-state index < -0.39 is 0 Å². The molecule has 0 saturated carbocycles. The van der Waals surface area contributed by atoms with Crippen LogP contribution in [-0.4, -0.2) is 24.4 Å². The topological polar surface area (TPSA) is 55.1 Å². The van der Waals surface area contributed by atoms with Crippen LogP contribution in [0.15, 0.2) is 0 Å². The SMILES string of the molecule is [2H]NCC[C@@H](CCC(=O)C(C)C)NC(C)C. The highest BCUT2D eigenvalue weighted by atomic mass is 16.1. The Morgan fingerprint density at radius 2 is 2.00 bits per heavy atom. The lowest BCUT2D eigenvalue weighted by atomic mass is 9.99. The normalized spacial score (nSPS) is 14.4. The van der Waals surface area contributed by atoms with E-state index in [0.29, 0.717) is 30.8 Å². The van der Waals surface area contributed by atoms with Crippen LogP contribution in [0.5, 0.6) is 0 Å². The zero-order chi connectivity index (χ0) is 12.6. The van der Waals surface area contributed by atoms with Crippen molar-refractivity contribution in [1.82, 2.24) is 5.32 Å². The fraction of sp³-hybridized carbons (Fsp3) is 0.917. The summed E-state index contributed by atoms with van der Waals surface area (Å²) in [4.78, 5) is 11.5. The summed E-state index contributed by atoms with van der Waals surface area (Å²) in [7, 11) is 0. The van der Waals surface area contributed by atoms with Gasteiger partial charge in [-0.05, 0) is 19.4 Å². The molecule has 15 heavy (non-hydrogen) atoms. The van der Waals surface area contributed by atoms with Gasteiger partial charge in [0, 0.05) is 24.4 Å². The van der Waals surface area contributed by atoms with Crippen molar-refractivity contribution in [2.24, 2.45) is 11.6 Å². The first-order valence-electron chi connectivity index (χ1n) is 6.40. The average Bonchev–Trinajstić information content (AvgIpc) is 2.20. The monoisotopic (exact) mass is 215 g/mol. The Balaban J connectivity index is 3.95. The van der Waals surface area contributed by atoms with Crippen molar-refractivity contribution < 1.29 is 6.21 Å². The van der Waals surface area contributed by atoms with Crippen molar-refractivity contribution in [3.8, 4) is 0 Å². The third-order valence-corrected chi connectivity index (χ3v) is 2.44. The van der Waals surface area contributed by atoms with Gasteiger partial charge in [0.15, 0.2) is 0 Å². The van der Waals surface area contributed by atoms with E-state index in [1.807, 2.05) is 13.8 Å². The molecule has 90 valence electrons. The lowest BCUT2D eigenvalue weighted by molar-refractivity contribution is -0.122. The number of ketones is 1. The molecular formula is C12H26N2O. The predicted octanol–water partition coefficient (Wildman–Crippen LogP) is 1.71. The molecule has 0 unspecified atom stereocenters. The molecule has 3 heteroatoms. The Bertz CT molecular complexity index is 195. The smallest absolute Gasteiger partial charge is 0.135 e. The van der Waals surface area contributed by atoms with Gasteiger partial charge in [0.05, 0.1) is 0 Å². The van der Waals surface area contributed by atoms with Crippen molar-refractivity contribution in [1.29, 1.82) is 0 Å². The molecule has 0 saturated heterocycles. The lowest BCUT2D eigenvalue weighted by Gasteiger charge is -2.20. The third kappa shape index (κ3) is 7.51. The number of nitrogens with one attached hydrogen (secondary N) is 1. The fourth-order valence-electron chi connectivity index (χ4n) is 1.56. The van der Waals surface area contributed by atoms with Gasteiger partial charge in [-0.15, -0.1) is 0 Å². The van der Waals surface area contributed by atoms with E-state index in [2.05, 4.69) is 24.9 Å². The molecule has 3 N–H and O–H groups in total. The molecular weight excluding hydrogens is 188 g/mol. The maximum Gasteiger partial charge on any atom is 0.135 e. The van der Waals surface area contributed by atoms with Crippen molar-refractivity contribution in [3.63, 3.8) is 0 Å². The van der Waals surface area contributed by atoms with E-state index >= 15 is 0 Å². The Morgan fingerprint density at radius 1 is 1.33 bits per heavy atom. The van der Waals surface area contributed by atoms with E-state index in [1.165, 1.54) is 0 Å². The Hall–Kier alpha value is -0.410. The van der Waals surface area contributed by atoms with Crippen LogP contribution in [0.1, 0.15) is 47.0 Å². The Morgan fingerprint density at radius 3 is 2.47 bits per heavy atom. The maximum atomic E-state index is 11.5. The van der Waals surface area contributed by atoms with Crippen molar-refractivity contribution >= 4 is 5.78 Å². The summed E-state index contributed by atoms with van der Waals surface area (Å²) in [5, 5.41) is 3.43. The summed E-state index contributed by atoms with van der Waals surface area (Å²) >= 11 is 0. The van der Waals surface area contributed by atoms with E-state index in [9.17, 15) is 4.79 Å². The number of Topliss-reactive ketones (excluding diaryl/α,β-unsaturated/α-hetero) is 1. The largest absolute Gasteiger partial charge is 0.330 e. The number of carbonyl (C=O) groups is 1. The summed E-state index contributed by atoms with van der Waals surface area (Å²) in [5.74, 6) is 0.461. The standard InChI is InChI=1S/C12H26N2O/c1-9(2)12(15)6-5-11(7-8-13)14-10(3)4/h9-11,14H,5-8,13H2,1-4H3/t11-/m1/s1/i/hD. The van der Waals surface area contributed by atoms with Gasteiger partial charge >= 0.3 is 0 Å². The molecule has 0 aliphatic rings. The highest BCUT2D eigenvalue weighted by Crippen LogP contribution is 2.07. The van der Waals surface area contributed by atoms with Gasteiger partial charge < -0.3 is 11.0 Å². The molecule has 0 aliphatic carbocycles. The van der Waals surface area contributed by atoms with E-state index in [1.54, 1.807) is 0 Å². The molecule has 1 atom stereocenters. The molecule has 3 nitrogen and oxygen atoms in total. The minimum Gasteiger partial charge on any atom is -0.330 e. The average molecular weight is 215 g/mol. The van der Waals surface area contributed by atoms with Crippen molar-refractivity contribution in [2.75, 3.05) is 6.54 Å². The minimum atomic E-state index is 0.133. The molecule has 0 rings (SSSR count). The highest BCUT2D eigenvalue weighted by Gasteiger charge is 2.13. The first-order chi connectivity index (χ1) is 7.47. The Kier molecular flexibility index (Phi) is 6.60. The van der Waals surface area contributed by atoms with Crippen molar-refractivity contribution in [3.05, 3.63) is 0 Å². The number of rotatable bonds is 9. The highest BCUT2D eigenvalue weighted by molar-refractivity contribution is 5.80. The van der Waals surface area contributed by atoms with E-state index in [-0.39, 0.29) is 5.92 Å². The lowest BCUT2D eigenvalue weighted by Crippen LogP contribution is -2.36. The van der Waals surface area contributed by atoms with Gasteiger partial charge in [0.1, 0.15) is 7.20 Å².